The zero-order valence-corrected chi connectivity index (χ0v) is 17.2. The van der Waals surface area contributed by atoms with Gasteiger partial charge in [0.1, 0.15) is 5.69 Å². The van der Waals surface area contributed by atoms with Gasteiger partial charge in [-0.05, 0) is 44.2 Å². The Labute approximate surface area is 172 Å². The topological polar surface area (TPSA) is 58.4 Å². The van der Waals surface area contributed by atoms with Crippen LogP contribution in [-0.4, -0.2) is 57.6 Å². The maximum Gasteiger partial charge on any atom is 0.274 e. The highest BCUT2D eigenvalue weighted by Crippen LogP contribution is 2.41. The van der Waals surface area contributed by atoms with Gasteiger partial charge < -0.3 is 9.80 Å². The summed E-state index contributed by atoms with van der Waals surface area (Å²) >= 11 is 0. The molecule has 4 rings (SSSR count). The number of carbonyl (C=O) groups is 2. The minimum Gasteiger partial charge on any atom is -0.342 e. The Kier molecular flexibility index (Phi) is 5.69. The van der Waals surface area contributed by atoms with Crippen LogP contribution in [0, 0.1) is 5.41 Å². The molecule has 29 heavy (non-hydrogen) atoms. The number of rotatable bonds is 6. The Balaban J connectivity index is 1.28. The summed E-state index contributed by atoms with van der Waals surface area (Å²) in [5.41, 5.74) is 1.89. The van der Waals surface area contributed by atoms with Crippen molar-refractivity contribution in [2.24, 2.45) is 5.41 Å². The van der Waals surface area contributed by atoms with Crippen molar-refractivity contribution in [1.29, 1.82) is 0 Å². The van der Waals surface area contributed by atoms with Gasteiger partial charge in [-0.2, -0.15) is 5.10 Å². The molecule has 6 heteroatoms. The van der Waals surface area contributed by atoms with Gasteiger partial charge in [0.05, 0.1) is 0 Å². The molecular formula is C23H30N4O2. The van der Waals surface area contributed by atoms with E-state index in [0.717, 1.165) is 45.3 Å². The molecule has 1 aromatic carbocycles. The summed E-state index contributed by atoms with van der Waals surface area (Å²) in [6.07, 6.45) is 6.27. The molecule has 2 aliphatic rings. The Morgan fingerprint density at radius 3 is 2.59 bits per heavy atom. The quantitative estimate of drug-likeness (QED) is 0.757. The largest absolute Gasteiger partial charge is 0.342 e. The van der Waals surface area contributed by atoms with Gasteiger partial charge in [0.2, 0.25) is 5.91 Å². The van der Waals surface area contributed by atoms with Gasteiger partial charge in [0.25, 0.3) is 5.91 Å². The SMILES string of the molecule is CCn1ccc(C(=O)N2CCC3(CC2)CC(=O)N(CCCc2ccccc2)C3)n1. The highest BCUT2D eigenvalue weighted by atomic mass is 16.2. The zero-order chi connectivity index (χ0) is 20.3. The van der Waals surface area contributed by atoms with E-state index in [4.69, 9.17) is 0 Å². The van der Waals surface area contributed by atoms with Crippen LogP contribution < -0.4 is 0 Å². The number of aromatic nitrogens is 2. The van der Waals surface area contributed by atoms with Crippen molar-refractivity contribution in [2.75, 3.05) is 26.2 Å². The summed E-state index contributed by atoms with van der Waals surface area (Å²) < 4.78 is 1.78. The van der Waals surface area contributed by atoms with Crippen molar-refractivity contribution in [3.63, 3.8) is 0 Å². The number of carbonyl (C=O) groups excluding carboxylic acids is 2. The molecule has 0 saturated carbocycles. The third-order valence-corrected chi connectivity index (χ3v) is 6.44. The first-order valence-electron chi connectivity index (χ1n) is 10.7. The minimum absolute atomic E-state index is 0.0103. The maximum atomic E-state index is 12.7. The van der Waals surface area contributed by atoms with Crippen LogP contribution in [0.15, 0.2) is 42.6 Å². The second-order valence-corrected chi connectivity index (χ2v) is 8.43. The van der Waals surface area contributed by atoms with Crippen LogP contribution in [0.25, 0.3) is 0 Å². The highest BCUT2D eigenvalue weighted by molar-refractivity contribution is 5.92. The van der Waals surface area contributed by atoms with Crippen LogP contribution in [0.1, 0.15) is 48.7 Å². The molecule has 0 aliphatic carbocycles. The Morgan fingerprint density at radius 1 is 1.14 bits per heavy atom. The van der Waals surface area contributed by atoms with Crippen molar-refractivity contribution in [2.45, 2.75) is 45.6 Å². The molecule has 2 fully saturated rings. The van der Waals surface area contributed by atoms with Gasteiger partial charge in [-0.1, -0.05) is 30.3 Å². The highest BCUT2D eigenvalue weighted by Gasteiger charge is 2.45. The summed E-state index contributed by atoms with van der Waals surface area (Å²) in [7, 11) is 0. The number of benzene rings is 1. The van der Waals surface area contributed by atoms with E-state index in [1.165, 1.54) is 5.56 Å². The summed E-state index contributed by atoms with van der Waals surface area (Å²) in [6.45, 7) is 5.86. The number of hydrogen-bond acceptors (Lipinski definition) is 3. The molecular weight excluding hydrogens is 364 g/mol. The van der Waals surface area contributed by atoms with Crippen molar-refractivity contribution in [3.05, 3.63) is 53.9 Å². The molecule has 2 saturated heterocycles. The molecule has 1 aromatic heterocycles. The van der Waals surface area contributed by atoms with Crippen LogP contribution in [0.5, 0.6) is 0 Å². The smallest absolute Gasteiger partial charge is 0.274 e. The van der Waals surface area contributed by atoms with Gasteiger partial charge >= 0.3 is 0 Å². The number of nitrogens with zero attached hydrogens (tertiary/aromatic N) is 4. The summed E-state index contributed by atoms with van der Waals surface area (Å²) in [4.78, 5) is 29.2. The van der Waals surface area contributed by atoms with E-state index >= 15 is 0 Å². The van der Waals surface area contributed by atoms with E-state index in [0.29, 0.717) is 25.2 Å². The summed E-state index contributed by atoms with van der Waals surface area (Å²) in [5.74, 6) is 0.288. The molecule has 3 heterocycles. The van der Waals surface area contributed by atoms with Crippen LogP contribution in [0.4, 0.5) is 0 Å². The number of hydrogen-bond donors (Lipinski definition) is 0. The molecule has 6 nitrogen and oxygen atoms in total. The maximum absolute atomic E-state index is 12.7. The Hall–Kier alpha value is -2.63. The lowest BCUT2D eigenvalue weighted by atomic mass is 9.77. The molecule has 154 valence electrons. The molecule has 1 spiro atoms. The van der Waals surface area contributed by atoms with E-state index in [2.05, 4.69) is 29.4 Å². The van der Waals surface area contributed by atoms with Gasteiger partial charge in [0, 0.05) is 50.8 Å². The fraction of sp³-hybridized carbons (Fsp3) is 0.522. The third-order valence-electron chi connectivity index (χ3n) is 6.44. The van der Waals surface area contributed by atoms with E-state index < -0.39 is 0 Å². The number of aryl methyl sites for hydroxylation is 2. The molecule has 0 radical (unpaired) electrons. The fourth-order valence-electron chi connectivity index (χ4n) is 4.64. The van der Waals surface area contributed by atoms with Crippen molar-refractivity contribution < 1.29 is 9.59 Å². The van der Waals surface area contributed by atoms with Crippen molar-refractivity contribution >= 4 is 11.8 Å². The predicted octanol–water partition coefficient (Wildman–Crippen LogP) is 2.99. The number of likely N-dealkylation sites (tertiary alicyclic amines) is 2. The molecule has 2 aliphatic heterocycles. The second-order valence-electron chi connectivity index (χ2n) is 8.43. The van der Waals surface area contributed by atoms with Crippen molar-refractivity contribution in [1.82, 2.24) is 19.6 Å². The average molecular weight is 395 g/mol. The third kappa shape index (κ3) is 4.36. The minimum atomic E-state index is 0.0103. The van der Waals surface area contributed by atoms with Crippen LogP contribution in [-0.2, 0) is 17.8 Å². The second kappa shape index (κ2) is 8.39. The Bertz CT molecular complexity index is 853. The normalized spacial score (nSPS) is 18.6. The van der Waals surface area contributed by atoms with E-state index in [1.807, 2.05) is 29.0 Å². The lowest BCUT2D eigenvalue weighted by Crippen LogP contribution is -2.44. The predicted molar refractivity (Wildman–Crippen MR) is 111 cm³/mol. The standard InChI is InChI=1S/C23H30N4O2/c1-2-27-14-10-20(24-27)22(29)25-15-11-23(12-16-25)17-21(28)26(18-23)13-6-9-19-7-4-3-5-8-19/h3-5,7-8,10,14H,2,6,9,11-13,15-18H2,1H3. The van der Waals surface area contributed by atoms with Crippen LogP contribution >= 0.6 is 0 Å². The first kappa shape index (κ1) is 19.7. The first-order chi connectivity index (χ1) is 14.1. The summed E-state index contributed by atoms with van der Waals surface area (Å²) in [6, 6.07) is 12.2. The van der Waals surface area contributed by atoms with Crippen molar-refractivity contribution in [3.8, 4) is 0 Å². The van der Waals surface area contributed by atoms with E-state index in [1.54, 1.807) is 10.7 Å². The number of piperidine rings is 1. The number of amides is 2. The van der Waals surface area contributed by atoms with E-state index in [-0.39, 0.29) is 17.2 Å². The zero-order valence-electron chi connectivity index (χ0n) is 17.2. The Morgan fingerprint density at radius 2 is 1.90 bits per heavy atom. The molecule has 2 aromatic rings. The molecule has 0 bridgehead atoms. The molecule has 2 amide bonds. The van der Waals surface area contributed by atoms with Gasteiger partial charge in [-0.15, -0.1) is 0 Å². The fourth-order valence-corrected chi connectivity index (χ4v) is 4.64. The van der Waals surface area contributed by atoms with E-state index in [9.17, 15) is 9.59 Å². The van der Waals surface area contributed by atoms with Crippen LogP contribution in [0.2, 0.25) is 0 Å². The summed E-state index contributed by atoms with van der Waals surface area (Å²) in [5, 5.41) is 4.34. The van der Waals surface area contributed by atoms with Crippen LogP contribution in [0.3, 0.4) is 0 Å². The molecule has 0 N–H and O–H groups in total. The lowest BCUT2D eigenvalue weighted by Gasteiger charge is -2.38. The lowest BCUT2D eigenvalue weighted by molar-refractivity contribution is -0.127. The molecule has 0 unspecified atom stereocenters. The first-order valence-corrected chi connectivity index (χ1v) is 10.7. The molecule has 0 atom stereocenters. The average Bonchev–Trinajstić information content (AvgIpc) is 3.34. The monoisotopic (exact) mass is 394 g/mol. The van der Waals surface area contributed by atoms with Gasteiger partial charge in [0.15, 0.2) is 0 Å². The van der Waals surface area contributed by atoms with Gasteiger partial charge in [-0.3, -0.25) is 14.3 Å². The van der Waals surface area contributed by atoms with Gasteiger partial charge in [-0.25, -0.2) is 0 Å².